The molecule has 1 unspecified atom stereocenters. The van der Waals surface area contributed by atoms with Gasteiger partial charge in [0, 0.05) is 19.6 Å². The van der Waals surface area contributed by atoms with Gasteiger partial charge in [-0.3, -0.25) is 9.59 Å². The molecule has 16 heavy (non-hydrogen) atoms. The smallest absolute Gasteiger partial charge is 0.234 e. The third-order valence-electron chi connectivity index (χ3n) is 2.84. The zero-order valence-electron chi connectivity index (χ0n) is 9.74. The van der Waals surface area contributed by atoms with Crippen LogP contribution in [-0.2, 0) is 9.59 Å². The Labute approximate surface area is 95.8 Å². The van der Waals surface area contributed by atoms with Gasteiger partial charge < -0.3 is 15.3 Å². The number of likely N-dealkylation sites (tertiary alicyclic amines) is 1. The Kier molecular flexibility index (Phi) is 5.25. The second-order valence-corrected chi connectivity index (χ2v) is 4.12. The molecule has 0 saturated carbocycles. The molecule has 1 saturated heterocycles. The van der Waals surface area contributed by atoms with E-state index in [1.807, 2.05) is 0 Å². The summed E-state index contributed by atoms with van der Waals surface area (Å²) in [7, 11) is 0. The molecule has 0 aromatic heterocycles. The number of rotatable bonds is 4. The number of nitrogens with zero attached hydrogens (tertiary/aromatic N) is 1. The van der Waals surface area contributed by atoms with Crippen LogP contribution in [0.15, 0.2) is 0 Å². The highest BCUT2D eigenvalue weighted by Crippen LogP contribution is 2.12. The molecule has 1 rings (SSSR count). The van der Waals surface area contributed by atoms with E-state index in [1.54, 1.807) is 11.8 Å². The van der Waals surface area contributed by atoms with Crippen molar-refractivity contribution in [2.75, 3.05) is 26.2 Å². The van der Waals surface area contributed by atoms with Crippen LogP contribution >= 0.6 is 0 Å². The van der Waals surface area contributed by atoms with E-state index in [2.05, 4.69) is 5.32 Å². The second-order valence-electron chi connectivity index (χ2n) is 4.12. The fourth-order valence-corrected chi connectivity index (χ4v) is 1.83. The summed E-state index contributed by atoms with van der Waals surface area (Å²) in [4.78, 5) is 25.2. The molecular formula is C11H20N2O3. The lowest BCUT2D eigenvalue weighted by atomic mass is 10.1. The summed E-state index contributed by atoms with van der Waals surface area (Å²) < 4.78 is 0. The standard InChI is InChI=1S/C11H20N2O3/c1-9(10(15)12-5-8-14)11(16)13-6-3-2-4-7-13/h9,14H,2-8H2,1H3,(H,12,15). The van der Waals surface area contributed by atoms with Crippen molar-refractivity contribution >= 4 is 11.8 Å². The molecule has 5 heteroatoms. The van der Waals surface area contributed by atoms with Gasteiger partial charge in [-0.1, -0.05) is 0 Å². The fourth-order valence-electron chi connectivity index (χ4n) is 1.83. The predicted molar refractivity (Wildman–Crippen MR) is 59.7 cm³/mol. The van der Waals surface area contributed by atoms with Gasteiger partial charge >= 0.3 is 0 Å². The van der Waals surface area contributed by atoms with Gasteiger partial charge in [0.1, 0.15) is 5.92 Å². The summed E-state index contributed by atoms with van der Waals surface area (Å²) >= 11 is 0. The fraction of sp³-hybridized carbons (Fsp3) is 0.818. The Morgan fingerprint density at radius 2 is 1.94 bits per heavy atom. The number of carbonyl (C=O) groups is 2. The molecule has 2 amide bonds. The van der Waals surface area contributed by atoms with E-state index in [-0.39, 0.29) is 25.0 Å². The maximum absolute atomic E-state index is 11.9. The summed E-state index contributed by atoms with van der Waals surface area (Å²) in [6.45, 7) is 3.24. The molecule has 0 radical (unpaired) electrons. The molecule has 0 aromatic carbocycles. The summed E-state index contributed by atoms with van der Waals surface area (Å²) in [5, 5.41) is 11.1. The maximum atomic E-state index is 11.9. The minimum absolute atomic E-state index is 0.101. The highest BCUT2D eigenvalue weighted by Gasteiger charge is 2.26. The number of hydrogen-bond donors (Lipinski definition) is 2. The SMILES string of the molecule is CC(C(=O)NCCO)C(=O)N1CCCCC1. The first-order valence-corrected chi connectivity index (χ1v) is 5.84. The van der Waals surface area contributed by atoms with Gasteiger partial charge in [0.25, 0.3) is 0 Å². The normalized spacial score (nSPS) is 18.0. The highest BCUT2D eigenvalue weighted by atomic mass is 16.3. The average Bonchev–Trinajstić information content (AvgIpc) is 2.35. The number of carbonyl (C=O) groups excluding carboxylic acids is 2. The first-order valence-electron chi connectivity index (χ1n) is 5.84. The van der Waals surface area contributed by atoms with E-state index in [0.717, 1.165) is 32.4 Å². The van der Waals surface area contributed by atoms with E-state index in [0.29, 0.717) is 0 Å². The summed E-state index contributed by atoms with van der Waals surface area (Å²) in [6, 6.07) is 0. The highest BCUT2D eigenvalue weighted by molar-refractivity contribution is 5.99. The van der Waals surface area contributed by atoms with Crippen molar-refractivity contribution in [2.24, 2.45) is 5.92 Å². The molecule has 0 aliphatic carbocycles. The molecular weight excluding hydrogens is 208 g/mol. The average molecular weight is 228 g/mol. The molecule has 1 aliphatic rings. The van der Waals surface area contributed by atoms with Crippen LogP contribution in [0.2, 0.25) is 0 Å². The quantitative estimate of drug-likeness (QED) is 0.652. The Morgan fingerprint density at radius 3 is 2.50 bits per heavy atom. The Hall–Kier alpha value is -1.10. The molecule has 0 spiro atoms. The van der Waals surface area contributed by atoms with Gasteiger partial charge in [-0.05, 0) is 26.2 Å². The number of amides is 2. The van der Waals surface area contributed by atoms with Crippen molar-refractivity contribution in [3.8, 4) is 0 Å². The molecule has 1 atom stereocenters. The van der Waals surface area contributed by atoms with Crippen LogP contribution < -0.4 is 5.32 Å². The molecule has 5 nitrogen and oxygen atoms in total. The van der Waals surface area contributed by atoms with Crippen molar-refractivity contribution in [1.29, 1.82) is 0 Å². The molecule has 1 aliphatic heterocycles. The van der Waals surface area contributed by atoms with Crippen molar-refractivity contribution in [2.45, 2.75) is 26.2 Å². The van der Waals surface area contributed by atoms with E-state index >= 15 is 0 Å². The third-order valence-corrected chi connectivity index (χ3v) is 2.84. The Balaban J connectivity index is 2.42. The molecule has 0 bridgehead atoms. The van der Waals surface area contributed by atoms with Gasteiger partial charge in [0.2, 0.25) is 11.8 Å². The lowest BCUT2D eigenvalue weighted by Gasteiger charge is -2.28. The number of piperidine rings is 1. The first kappa shape index (κ1) is 13.0. The van der Waals surface area contributed by atoms with Crippen LogP contribution in [0, 0.1) is 5.92 Å². The topological polar surface area (TPSA) is 69.6 Å². The summed E-state index contributed by atoms with van der Waals surface area (Å²) in [6.07, 6.45) is 3.21. The van der Waals surface area contributed by atoms with Crippen LogP contribution in [0.25, 0.3) is 0 Å². The predicted octanol–water partition coefficient (Wildman–Crippen LogP) is -0.256. The summed E-state index contributed by atoms with van der Waals surface area (Å²) in [5.74, 6) is -1.05. The number of aliphatic hydroxyl groups excluding tert-OH is 1. The van der Waals surface area contributed by atoms with Crippen LogP contribution in [0.3, 0.4) is 0 Å². The lowest BCUT2D eigenvalue weighted by Crippen LogP contribution is -2.44. The van der Waals surface area contributed by atoms with Gasteiger partial charge in [-0.15, -0.1) is 0 Å². The van der Waals surface area contributed by atoms with Crippen LogP contribution in [0.1, 0.15) is 26.2 Å². The number of nitrogens with one attached hydrogen (secondary N) is 1. The van der Waals surface area contributed by atoms with Crippen LogP contribution in [0.5, 0.6) is 0 Å². The zero-order valence-corrected chi connectivity index (χ0v) is 9.74. The monoisotopic (exact) mass is 228 g/mol. The molecule has 92 valence electrons. The van der Waals surface area contributed by atoms with E-state index in [9.17, 15) is 9.59 Å². The number of aliphatic hydroxyl groups is 1. The van der Waals surface area contributed by atoms with Gasteiger partial charge in [0.15, 0.2) is 0 Å². The first-order chi connectivity index (χ1) is 7.66. The Morgan fingerprint density at radius 1 is 1.31 bits per heavy atom. The molecule has 1 heterocycles. The second kappa shape index (κ2) is 6.48. The maximum Gasteiger partial charge on any atom is 0.234 e. The van der Waals surface area contributed by atoms with Gasteiger partial charge in [-0.2, -0.15) is 0 Å². The summed E-state index contributed by atoms with van der Waals surface area (Å²) in [5.41, 5.74) is 0. The minimum Gasteiger partial charge on any atom is -0.395 e. The number of hydrogen-bond acceptors (Lipinski definition) is 3. The van der Waals surface area contributed by atoms with Crippen LogP contribution in [0.4, 0.5) is 0 Å². The third kappa shape index (κ3) is 3.48. The largest absolute Gasteiger partial charge is 0.395 e. The molecule has 0 aromatic rings. The van der Waals surface area contributed by atoms with Gasteiger partial charge in [0.05, 0.1) is 6.61 Å². The lowest BCUT2D eigenvalue weighted by molar-refractivity contribution is -0.142. The Bertz CT molecular complexity index is 250. The van der Waals surface area contributed by atoms with E-state index < -0.39 is 5.92 Å². The van der Waals surface area contributed by atoms with Crippen molar-refractivity contribution in [1.82, 2.24) is 10.2 Å². The van der Waals surface area contributed by atoms with E-state index in [4.69, 9.17) is 5.11 Å². The molecule has 2 N–H and O–H groups in total. The zero-order chi connectivity index (χ0) is 12.0. The molecule has 1 fully saturated rings. The van der Waals surface area contributed by atoms with Crippen LogP contribution in [-0.4, -0.2) is 48.1 Å². The van der Waals surface area contributed by atoms with Gasteiger partial charge in [-0.25, -0.2) is 0 Å². The van der Waals surface area contributed by atoms with Crippen molar-refractivity contribution < 1.29 is 14.7 Å². The minimum atomic E-state index is -0.648. The van der Waals surface area contributed by atoms with Crippen molar-refractivity contribution in [3.05, 3.63) is 0 Å². The van der Waals surface area contributed by atoms with Crippen molar-refractivity contribution in [3.63, 3.8) is 0 Å². The van der Waals surface area contributed by atoms with E-state index in [1.165, 1.54) is 0 Å².